The van der Waals surface area contributed by atoms with Crippen LogP contribution in [0.4, 0.5) is 0 Å². The largest absolute Gasteiger partial charge is 0.394 e. The second kappa shape index (κ2) is 9.27. The molecule has 4 rings (SSSR count). The third-order valence-corrected chi connectivity index (χ3v) is 8.24. The number of fused-ring (bicyclic) bond motifs is 2. The minimum absolute atomic E-state index is 0.0784. The fraction of sp³-hybridized carbons (Fsp3) is 0.955. The highest BCUT2D eigenvalue weighted by atomic mass is 16.7. The first-order valence-corrected chi connectivity index (χ1v) is 11.6. The third-order valence-electron chi connectivity index (χ3n) is 8.24. The first kappa shape index (κ1) is 26.3. The highest BCUT2D eigenvalue weighted by molar-refractivity contribution is 5.93. The van der Waals surface area contributed by atoms with Crippen LogP contribution in [0.3, 0.4) is 0 Å². The first-order valence-electron chi connectivity index (χ1n) is 11.6. The van der Waals surface area contributed by atoms with Gasteiger partial charge in [-0.1, -0.05) is 20.8 Å². The summed E-state index contributed by atoms with van der Waals surface area (Å²) in [7, 11) is 0. The van der Waals surface area contributed by atoms with Gasteiger partial charge in [0.1, 0.15) is 54.6 Å². The second-order valence-corrected chi connectivity index (χ2v) is 10.8. The average Bonchev–Trinajstić information content (AvgIpc) is 3.22. The average molecular weight is 493 g/mol. The van der Waals surface area contributed by atoms with Crippen LogP contribution in [0, 0.1) is 16.7 Å². The van der Waals surface area contributed by atoms with E-state index in [4.69, 9.17) is 18.9 Å². The van der Waals surface area contributed by atoms with Crippen molar-refractivity contribution in [1.82, 2.24) is 0 Å². The molecule has 2 bridgehead atoms. The van der Waals surface area contributed by atoms with E-state index in [2.05, 4.69) is 0 Å². The number of carbonyl (C=O) groups excluding carboxylic acids is 1. The van der Waals surface area contributed by atoms with Crippen LogP contribution in [0.15, 0.2) is 0 Å². The predicted octanol–water partition coefficient (Wildman–Crippen LogP) is -2.98. The summed E-state index contributed by atoms with van der Waals surface area (Å²) < 4.78 is 22.4. The van der Waals surface area contributed by atoms with Crippen molar-refractivity contribution >= 4 is 5.78 Å². The molecule has 0 aromatic heterocycles. The molecule has 0 aromatic rings. The molecule has 2 aliphatic heterocycles. The number of ketones is 1. The van der Waals surface area contributed by atoms with Gasteiger partial charge in [0, 0.05) is 5.41 Å². The monoisotopic (exact) mass is 492 g/mol. The highest BCUT2D eigenvalue weighted by Crippen LogP contribution is 2.61. The molecule has 34 heavy (non-hydrogen) atoms. The van der Waals surface area contributed by atoms with Crippen LogP contribution in [-0.4, -0.2) is 122 Å². The number of aliphatic hydroxyl groups is 7. The molecule has 12 nitrogen and oxygen atoms in total. The number of aliphatic hydroxyl groups excluding tert-OH is 7. The molecule has 7 N–H and O–H groups in total. The smallest absolute Gasteiger partial charge is 0.187 e. The van der Waals surface area contributed by atoms with Gasteiger partial charge in [0.15, 0.2) is 12.6 Å². The maximum absolute atomic E-state index is 12.9. The van der Waals surface area contributed by atoms with Crippen molar-refractivity contribution in [3.8, 4) is 0 Å². The zero-order valence-corrected chi connectivity index (χ0v) is 19.4. The molecule has 0 amide bonds. The van der Waals surface area contributed by atoms with Crippen LogP contribution in [0.1, 0.15) is 33.6 Å². The Balaban J connectivity index is 1.41. The second-order valence-electron chi connectivity index (χ2n) is 10.8. The molecule has 0 aromatic carbocycles. The maximum Gasteiger partial charge on any atom is 0.187 e. The van der Waals surface area contributed by atoms with Crippen molar-refractivity contribution in [3.63, 3.8) is 0 Å². The van der Waals surface area contributed by atoms with Crippen molar-refractivity contribution in [3.05, 3.63) is 0 Å². The van der Waals surface area contributed by atoms with Gasteiger partial charge in [-0.2, -0.15) is 0 Å². The summed E-state index contributed by atoms with van der Waals surface area (Å²) in [4.78, 5) is 12.9. The van der Waals surface area contributed by atoms with Crippen LogP contribution < -0.4 is 0 Å². The summed E-state index contributed by atoms with van der Waals surface area (Å²) in [5.74, 6) is 0.200. The van der Waals surface area contributed by atoms with Crippen molar-refractivity contribution in [1.29, 1.82) is 0 Å². The molecule has 0 radical (unpaired) electrons. The molecule has 196 valence electrons. The van der Waals surface area contributed by atoms with E-state index in [1.54, 1.807) is 0 Å². The van der Waals surface area contributed by atoms with Crippen LogP contribution in [0.2, 0.25) is 0 Å². The lowest BCUT2D eigenvalue weighted by Crippen LogP contribution is -2.62. The van der Waals surface area contributed by atoms with Crippen molar-refractivity contribution in [2.75, 3.05) is 13.2 Å². The third kappa shape index (κ3) is 4.12. The molecular formula is C22H36O12. The molecule has 2 saturated carbocycles. The van der Waals surface area contributed by atoms with Gasteiger partial charge in [0.25, 0.3) is 0 Å². The number of Topliss-reactive ketones (excluding diaryl/α,β-unsaturated/α-hetero) is 1. The Hall–Kier alpha value is -0.770. The van der Waals surface area contributed by atoms with Gasteiger partial charge in [0.2, 0.25) is 0 Å². The first-order chi connectivity index (χ1) is 15.8. The Morgan fingerprint density at radius 3 is 1.97 bits per heavy atom. The quantitative estimate of drug-likeness (QED) is 0.199. The van der Waals surface area contributed by atoms with Gasteiger partial charge in [-0.05, 0) is 18.8 Å². The Morgan fingerprint density at radius 2 is 1.41 bits per heavy atom. The maximum atomic E-state index is 12.9. The summed E-state index contributed by atoms with van der Waals surface area (Å²) >= 11 is 0. The molecule has 2 saturated heterocycles. The normalized spacial score (nSPS) is 52.8. The lowest BCUT2D eigenvalue weighted by Gasteiger charge is -2.45. The van der Waals surface area contributed by atoms with E-state index in [1.807, 2.05) is 20.8 Å². The van der Waals surface area contributed by atoms with Crippen molar-refractivity contribution in [2.45, 2.75) is 101 Å². The fourth-order valence-electron chi connectivity index (χ4n) is 5.88. The lowest BCUT2D eigenvalue weighted by molar-refractivity contribution is -0.338. The predicted molar refractivity (Wildman–Crippen MR) is 111 cm³/mol. The van der Waals surface area contributed by atoms with E-state index < -0.39 is 91.6 Å². The Kier molecular flexibility index (Phi) is 7.17. The van der Waals surface area contributed by atoms with E-state index >= 15 is 0 Å². The van der Waals surface area contributed by atoms with E-state index in [1.165, 1.54) is 0 Å². The summed E-state index contributed by atoms with van der Waals surface area (Å²) in [6, 6.07) is 0. The SMILES string of the molecule is CC1(C)C(=O)[C@@]2(C)C[C@@H]1C[C@@H]2O[C@@H]1O[C@H](CO[C@@H]2O[C@H](CO)[C@@H](O)[C@H](O)[C@H]2O)[C@@H](O)[C@H](O)[C@H]1O. The van der Waals surface area contributed by atoms with Crippen molar-refractivity contribution in [2.24, 2.45) is 16.7 Å². The minimum atomic E-state index is -1.65. The van der Waals surface area contributed by atoms with Crippen molar-refractivity contribution < 1.29 is 59.5 Å². The zero-order chi connectivity index (χ0) is 25.2. The summed E-state index contributed by atoms with van der Waals surface area (Å²) in [5, 5.41) is 70.4. The van der Waals surface area contributed by atoms with Gasteiger partial charge < -0.3 is 54.7 Å². The topological polar surface area (TPSA) is 196 Å². The summed E-state index contributed by atoms with van der Waals surface area (Å²) in [5.41, 5.74) is -1.21. The molecule has 12 heteroatoms. The van der Waals surface area contributed by atoms with Gasteiger partial charge in [-0.15, -0.1) is 0 Å². The van der Waals surface area contributed by atoms with E-state index in [9.17, 15) is 40.5 Å². The molecule has 0 unspecified atom stereocenters. The van der Waals surface area contributed by atoms with Crippen LogP contribution in [0.5, 0.6) is 0 Å². The fourth-order valence-corrected chi connectivity index (χ4v) is 5.88. The van der Waals surface area contributed by atoms with Gasteiger partial charge in [-0.25, -0.2) is 0 Å². The molecular weight excluding hydrogens is 456 g/mol. The molecule has 13 atom stereocenters. The molecule has 2 aliphatic carbocycles. The van der Waals surface area contributed by atoms with Gasteiger partial charge >= 0.3 is 0 Å². The van der Waals surface area contributed by atoms with Crippen LogP contribution in [0.25, 0.3) is 0 Å². The Morgan fingerprint density at radius 1 is 0.853 bits per heavy atom. The van der Waals surface area contributed by atoms with Gasteiger partial charge in [-0.3, -0.25) is 4.79 Å². The zero-order valence-electron chi connectivity index (χ0n) is 19.4. The minimum Gasteiger partial charge on any atom is -0.394 e. The van der Waals surface area contributed by atoms with E-state index in [-0.39, 0.29) is 11.7 Å². The van der Waals surface area contributed by atoms with Crippen LogP contribution in [-0.2, 0) is 23.7 Å². The standard InChI is InChI=1S/C22H36O12/c1-21(2)8-4-11(22(3,5-8)20(21)30)34-19-17(29)15(27)13(25)10(33-19)7-31-18-16(28)14(26)12(24)9(6-23)32-18/h8-19,23-29H,4-7H2,1-3H3/t8-,9+,10+,11-,12+,13+,14-,15-,16+,17+,18+,19-,22-/m0/s1. The number of carbonyl (C=O) groups is 1. The summed E-state index contributed by atoms with van der Waals surface area (Å²) in [6.45, 7) is 4.59. The number of rotatable bonds is 6. The Labute approximate surface area is 197 Å². The Bertz CT molecular complexity index is 760. The van der Waals surface area contributed by atoms with Crippen LogP contribution >= 0.6 is 0 Å². The number of hydrogen-bond donors (Lipinski definition) is 7. The molecule has 4 fully saturated rings. The van der Waals surface area contributed by atoms with Gasteiger partial charge in [0.05, 0.1) is 24.7 Å². The molecule has 4 aliphatic rings. The lowest BCUT2D eigenvalue weighted by atomic mass is 9.70. The number of hydrogen-bond acceptors (Lipinski definition) is 12. The number of ether oxygens (including phenoxy) is 4. The highest BCUT2D eigenvalue weighted by Gasteiger charge is 2.65. The molecule has 0 spiro atoms. The molecule has 2 heterocycles. The summed E-state index contributed by atoms with van der Waals surface area (Å²) in [6.07, 6.45) is -14.1. The van der Waals surface area contributed by atoms with E-state index in [0.29, 0.717) is 12.8 Å². The van der Waals surface area contributed by atoms with E-state index in [0.717, 1.165) is 0 Å².